The maximum atomic E-state index is 12.1. The zero-order valence-corrected chi connectivity index (χ0v) is 12.3. The van der Waals surface area contributed by atoms with Crippen LogP contribution in [0.5, 0.6) is 0 Å². The lowest BCUT2D eigenvalue weighted by atomic mass is 10.2. The number of hydrogen-bond donors (Lipinski definition) is 1. The number of pyridine rings is 1. The third-order valence-electron chi connectivity index (χ3n) is 2.89. The SMILES string of the molecule is Cn1cc(C(=O)Nc2cccc3cc(Br)cnc23)cn1. The largest absolute Gasteiger partial charge is 0.320 e. The van der Waals surface area contributed by atoms with Gasteiger partial charge in [-0.15, -0.1) is 0 Å². The summed E-state index contributed by atoms with van der Waals surface area (Å²) in [5.41, 5.74) is 1.96. The summed E-state index contributed by atoms with van der Waals surface area (Å²) in [6.45, 7) is 0. The van der Waals surface area contributed by atoms with Gasteiger partial charge in [-0.25, -0.2) is 0 Å². The second kappa shape index (κ2) is 5.05. The van der Waals surface area contributed by atoms with E-state index in [2.05, 4.69) is 31.3 Å². The summed E-state index contributed by atoms with van der Waals surface area (Å²) < 4.78 is 2.49. The van der Waals surface area contributed by atoms with Gasteiger partial charge in [0, 0.05) is 29.3 Å². The molecule has 1 N–H and O–H groups in total. The minimum atomic E-state index is -0.199. The van der Waals surface area contributed by atoms with Crippen molar-refractivity contribution in [3.05, 3.63) is 52.9 Å². The molecule has 0 aliphatic rings. The Kier molecular flexibility index (Phi) is 3.23. The molecule has 0 saturated carbocycles. The summed E-state index contributed by atoms with van der Waals surface area (Å²) in [6.07, 6.45) is 4.91. The molecule has 2 aromatic heterocycles. The van der Waals surface area contributed by atoms with E-state index in [1.807, 2.05) is 24.3 Å². The molecule has 5 nitrogen and oxygen atoms in total. The van der Waals surface area contributed by atoms with Crippen LogP contribution in [0.25, 0.3) is 10.9 Å². The van der Waals surface area contributed by atoms with Crippen LogP contribution in [0.1, 0.15) is 10.4 Å². The van der Waals surface area contributed by atoms with Crippen molar-refractivity contribution in [3.63, 3.8) is 0 Å². The molecule has 3 rings (SSSR count). The van der Waals surface area contributed by atoms with Gasteiger partial charge in [-0.1, -0.05) is 12.1 Å². The van der Waals surface area contributed by atoms with Gasteiger partial charge in [-0.2, -0.15) is 5.10 Å². The fraction of sp³-hybridized carbons (Fsp3) is 0.0714. The van der Waals surface area contributed by atoms with Gasteiger partial charge in [0.2, 0.25) is 0 Å². The molecule has 1 aromatic carbocycles. The highest BCUT2D eigenvalue weighted by Gasteiger charge is 2.10. The summed E-state index contributed by atoms with van der Waals surface area (Å²) in [5, 5.41) is 7.81. The van der Waals surface area contributed by atoms with Crippen LogP contribution in [-0.4, -0.2) is 20.7 Å². The maximum Gasteiger partial charge on any atom is 0.258 e. The molecule has 0 aliphatic carbocycles. The molecular weight excluding hydrogens is 320 g/mol. The van der Waals surface area contributed by atoms with Gasteiger partial charge in [-0.3, -0.25) is 14.5 Å². The van der Waals surface area contributed by atoms with Gasteiger partial charge in [-0.05, 0) is 28.1 Å². The molecule has 20 heavy (non-hydrogen) atoms. The summed E-state index contributed by atoms with van der Waals surface area (Å²) in [4.78, 5) is 16.5. The van der Waals surface area contributed by atoms with E-state index in [1.165, 1.54) is 6.20 Å². The fourth-order valence-electron chi connectivity index (χ4n) is 1.97. The number of nitrogens with one attached hydrogen (secondary N) is 1. The molecule has 0 radical (unpaired) electrons. The zero-order chi connectivity index (χ0) is 14.1. The first-order valence-electron chi connectivity index (χ1n) is 5.98. The molecule has 0 unspecified atom stereocenters. The number of halogens is 1. The molecule has 0 spiro atoms. The van der Waals surface area contributed by atoms with Crippen LogP contribution in [0, 0.1) is 0 Å². The molecule has 0 fully saturated rings. The number of carbonyl (C=O) groups excluding carboxylic acids is 1. The standard InChI is InChI=1S/C14H11BrN4O/c1-19-8-10(6-17-19)14(20)18-12-4-2-3-9-5-11(15)7-16-13(9)12/h2-8H,1H3,(H,18,20). The predicted octanol–water partition coefficient (Wildman–Crippen LogP) is 2.98. The van der Waals surface area contributed by atoms with Crippen LogP contribution >= 0.6 is 15.9 Å². The normalized spacial score (nSPS) is 10.7. The molecule has 6 heteroatoms. The van der Waals surface area contributed by atoms with Crippen LogP contribution in [0.2, 0.25) is 0 Å². The van der Waals surface area contributed by atoms with E-state index in [-0.39, 0.29) is 5.91 Å². The smallest absolute Gasteiger partial charge is 0.258 e. The highest BCUT2D eigenvalue weighted by atomic mass is 79.9. The number of hydrogen-bond acceptors (Lipinski definition) is 3. The van der Waals surface area contributed by atoms with E-state index < -0.39 is 0 Å². The first-order valence-corrected chi connectivity index (χ1v) is 6.77. The van der Waals surface area contributed by atoms with E-state index in [1.54, 1.807) is 24.1 Å². The summed E-state index contributed by atoms with van der Waals surface area (Å²) >= 11 is 3.39. The monoisotopic (exact) mass is 330 g/mol. The van der Waals surface area contributed by atoms with Crippen molar-refractivity contribution < 1.29 is 4.79 Å². The lowest BCUT2D eigenvalue weighted by Crippen LogP contribution is -2.11. The Bertz CT molecular complexity index is 797. The summed E-state index contributed by atoms with van der Waals surface area (Å²) in [5.74, 6) is -0.199. The second-order valence-electron chi connectivity index (χ2n) is 4.39. The Hall–Kier alpha value is -2.21. The Balaban J connectivity index is 1.97. The van der Waals surface area contributed by atoms with Gasteiger partial charge >= 0.3 is 0 Å². The van der Waals surface area contributed by atoms with Crippen molar-refractivity contribution >= 4 is 38.4 Å². The number of amides is 1. The van der Waals surface area contributed by atoms with Gasteiger partial charge < -0.3 is 5.32 Å². The van der Waals surface area contributed by atoms with Crippen molar-refractivity contribution in [1.29, 1.82) is 0 Å². The predicted molar refractivity (Wildman–Crippen MR) is 80.6 cm³/mol. The van der Waals surface area contributed by atoms with Crippen molar-refractivity contribution in [1.82, 2.24) is 14.8 Å². The van der Waals surface area contributed by atoms with Gasteiger partial charge in [0.05, 0.1) is 23.0 Å². The first kappa shape index (κ1) is 12.8. The number of nitrogens with zero attached hydrogens (tertiary/aromatic N) is 3. The van der Waals surface area contributed by atoms with Crippen LogP contribution in [0.15, 0.2) is 47.3 Å². The summed E-state index contributed by atoms with van der Waals surface area (Å²) in [7, 11) is 1.77. The van der Waals surface area contributed by atoms with Gasteiger partial charge in [0.1, 0.15) is 0 Å². The second-order valence-corrected chi connectivity index (χ2v) is 5.30. The third kappa shape index (κ3) is 2.42. The number of aromatic nitrogens is 3. The van der Waals surface area contributed by atoms with Crippen LogP contribution in [-0.2, 0) is 7.05 Å². The van der Waals surface area contributed by atoms with Gasteiger partial charge in [0.15, 0.2) is 0 Å². The zero-order valence-electron chi connectivity index (χ0n) is 10.7. The number of para-hydroxylation sites is 1. The molecule has 2 heterocycles. The Morgan fingerprint density at radius 1 is 1.35 bits per heavy atom. The van der Waals surface area contributed by atoms with E-state index in [9.17, 15) is 4.79 Å². The highest BCUT2D eigenvalue weighted by molar-refractivity contribution is 9.10. The Morgan fingerprint density at radius 3 is 2.95 bits per heavy atom. The number of carbonyl (C=O) groups is 1. The van der Waals surface area contributed by atoms with E-state index >= 15 is 0 Å². The molecule has 1 amide bonds. The summed E-state index contributed by atoms with van der Waals surface area (Å²) in [6, 6.07) is 7.63. The maximum absolute atomic E-state index is 12.1. The molecule has 100 valence electrons. The number of aryl methyl sites for hydroxylation is 1. The third-order valence-corrected chi connectivity index (χ3v) is 3.33. The van der Waals surface area contributed by atoms with Crippen molar-refractivity contribution in [2.45, 2.75) is 0 Å². The molecule has 0 aliphatic heterocycles. The minimum absolute atomic E-state index is 0.199. The molecular formula is C14H11BrN4O. The van der Waals surface area contributed by atoms with Crippen molar-refractivity contribution in [2.24, 2.45) is 7.05 Å². The molecule has 0 bridgehead atoms. The van der Waals surface area contributed by atoms with E-state index in [4.69, 9.17) is 0 Å². The average molecular weight is 331 g/mol. The lowest BCUT2D eigenvalue weighted by Gasteiger charge is -2.07. The van der Waals surface area contributed by atoms with Crippen molar-refractivity contribution in [3.8, 4) is 0 Å². The van der Waals surface area contributed by atoms with Gasteiger partial charge in [0.25, 0.3) is 5.91 Å². The number of anilines is 1. The fourth-order valence-corrected chi connectivity index (χ4v) is 2.32. The minimum Gasteiger partial charge on any atom is -0.320 e. The lowest BCUT2D eigenvalue weighted by molar-refractivity contribution is 0.102. The van der Waals surface area contributed by atoms with Crippen LogP contribution in [0.4, 0.5) is 5.69 Å². The average Bonchev–Trinajstić information content (AvgIpc) is 2.85. The topological polar surface area (TPSA) is 59.8 Å². The van der Waals surface area contributed by atoms with E-state index in [0.29, 0.717) is 11.3 Å². The van der Waals surface area contributed by atoms with E-state index in [0.717, 1.165) is 15.4 Å². The number of rotatable bonds is 2. The number of fused-ring (bicyclic) bond motifs is 1. The quantitative estimate of drug-likeness (QED) is 0.785. The van der Waals surface area contributed by atoms with Crippen LogP contribution in [0.3, 0.4) is 0 Å². The number of benzene rings is 1. The molecule has 0 saturated heterocycles. The highest BCUT2D eigenvalue weighted by Crippen LogP contribution is 2.24. The Labute approximate surface area is 123 Å². The Morgan fingerprint density at radius 2 is 2.20 bits per heavy atom. The first-order chi connectivity index (χ1) is 9.63. The molecule has 0 atom stereocenters. The molecule has 3 aromatic rings. The van der Waals surface area contributed by atoms with Crippen molar-refractivity contribution in [2.75, 3.05) is 5.32 Å². The van der Waals surface area contributed by atoms with Crippen LogP contribution < -0.4 is 5.32 Å².